The largest absolute Gasteiger partial charge is 0.385 e. The Balaban J connectivity index is 3.65. The number of methoxy groups -OCH3 is 1. The zero-order chi connectivity index (χ0) is 12.4. The van der Waals surface area contributed by atoms with Gasteiger partial charge in [-0.25, -0.2) is 4.79 Å². The van der Waals surface area contributed by atoms with E-state index in [0.29, 0.717) is 13.2 Å². The van der Waals surface area contributed by atoms with E-state index in [2.05, 4.69) is 10.6 Å². The normalized spacial score (nSPS) is 10.2. The van der Waals surface area contributed by atoms with Gasteiger partial charge in [0.05, 0.1) is 6.54 Å². The third-order valence-corrected chi connectivity index (χ3v) is 1.89. The lowest BCUT2D eigenvalue weighted by Gasteiger charge is -2.15. The zero-order valence-corrected chi connectivity index (χ0v) is 10.2. The number of hydrogen-bond acceptors (Lipinski definition) is 4. The molecule has 94 valence electrons. The number of nitrogens with zero attached hydrogens (tertiary/aromatic N) is 1. The van der Waals surface area contributed by atoms with Gasteiger partial charge < -0.3 is 10.1 Å². The molecule has 0 rings (SSSR count). The summed E-state index contributed by atoms with van der Waals surface area (Å²) in [5, 5.41) is 4.73. The molecule has 0 bridgehead atoms. The fraction of sp³-hybridized carbons (Fsp3) is 0.800. The first-order chi connectivity index (χ1) is 7.60. The molecule has 0 aliphatic heterocycles. The molecular formula is C10H21N3O3. The molecule has 0 unspecified atom stereocenters. The second-order valence-electron chi connectivity index (χ2n) is 3.49. The van der Waals surface area contributed by atoms with Crippen LogP contribution in [0, 0.1) is 0 Å². The number of carbonyl (C=O) groups excluding carboxylic acids is 2. The standard InChI is InChI=1S/C10H21N3O3/c1-4-11-10(15)12-9(14)8-13(2)6-5-7-16-3/h4-8H2,1-3H3,(H2,11,12,14,15). The minimum atomic E-state index is -0.446. The van der Waals surface area contributed by atoms with Crippen LogP contribution in [0.3, 0.4) is 0 Å². The van der Waals surface area contributed by atoms with E-state index in [0.717, 1.165) is 13.0 Å². The summed E-state index contributed by atoms with van der Waals surface area (Å²) in [4.78, 5) is 24.2. The third kappa shape index (κ3) is 8.19. The van der Waals surface area contributed by atoms with Gasteiger partial charge in [0.15, 0.2) is 0 Å². The molecule has 0 fully saturated rings. The number of urea groups is 1. The van der Waals surface area contributed by atoms with Crippen LogP contribution in [0.4, 0.5) is 4.79 Å². The van der Waals surface area contributed by atoms with Crippen molar-refractivity contribution in [3.05, 3.63) is 0 Å². The van der Waals surface area contributed by atoms with Gasteiger partial charge in [-0.15, -0.1) is 0 Å². The number of carbonyl (C=O) groups is 2. The highest BCUT2D eigenvalue weighted by Crippen LogP contribution is 1.87. The van der Waals surface area contributed by atoms with Gasteiger partial charge in [-0.2, -0.15) is 0 Å². The van der Waals surface area contributed by atoms with E-state index in [9.17, 15) is 9.59 Å². The van der Waals surface area contributed by atoms with Gasteiger partial charge >= 0.3 is 6.03 Å². The summed E-state index contributed by atoms with van der Waals surface area (Å²) in [6.45, 7) is 3.93. The molecule has 0 atom stereocenters. The van der Waals surface area contributed by atoms with Crippen LogP contribution in [0.1, 0.15) is 13.3 Å². The summed E-state index contributed by atoms with van der Waals surface area (Å²) >= 11 is 0. The fourth-order valence-corrected chi connectivity index (χ4v) is 1.17. The van der Waals surface area contributed by atoms with Crippen LogP contribution in [0.5, 0.6) is 0 Å². The molecule has 3 amide bonds. The van der Waals surface area contributed by atoms with E-state index in [4.69, 9.17) is 4.74 Å². The number of hydrogen-bond donors (Lipinski definition) is 2. The Kier molecular flexibility index (Phi) is 8.46. The fourth-order valence-electron chi connectivity index (χ4n) is 1.17. The molecule has 0 radical (unpaired) electrons. The van der Waals surface area contributed by atoms with Gasteiger partial charge in [-0.3, -0.25) is 15.0 Å². The molecule has 0 aromatic heterocycles. The van der Waals surface area contributed by atoms with Crippen LogP contribution >= 0.6 is 0 Å². The minimum absolute atomic E-state index is 0.209. The average molecular weight is 231 g/mol. The summed E-state index contributed by atoms with van der Waals surface area (Å²) in [7, 11) is 3.47. The second kappa shape index (κ2) is 9.11. The number of nitrogens with one attached hydrogen (secondary N) is 2. The van der Waals surface area contributed by atoms with Crippen molar-refractivity contribution in [2.75, 3.05) is 40.4 Å². The van der Waals surface area contributed by atoms with Crippen molar-refractivity contribution in [2.24, 2.45) is 0 Å². The van der Waals surface area contributed by atoms with Gasteiger partial charge in [0.2, 0.25) is 5.91 Å². The van der Waals surface area contributed by atoms with Crippen LogP contribution in [0.25, 0.3) is 0 Å². The quantitative estimate of drug-likeness (QED) is 0.595. The van der Waals surface area contributed by atoms with Crippen molar-refractivity contribution in [1.29, 1.82) is 0 Å². The first kappa shape index (κ1) is 14.9. The third-order valence-electron chi connectivity index (χ3n) is 1.89. The van der Waals surface area contributed by atoms with Crippen LogP contribution in [0.2, 0.25) is 0 Å². The van der Waals surface area contributed by atoms with Crippen molar-refractivity contribution in [3.63, 3.8) is 0 Å². The van der Waals surface area contributed by atoms with Crippen LogP contribution in [0.15, 0.2) is 0 Å². The lowest BCUT2D eigenvalue weighted by Crippen LogP contribution is -2.43. The smallest absolute Gasteiger partial charge is 0.321 e. The number of ether oxygens (including phenoxy) is 1. The lowest BCUT2D eigenvalue weighted by molar-refractivity contribution is -0.120. The Morgan fingerprint density at radius 3 is 2.62 bits per heavy atom. The topological polar surface area (TPSA) is 70.7 Å². The van der Waals surface area contributed by atoms with Crippen LogP contribution < -0.4 is 10.6 Å². The van der Waals surface area contributed by atoms with Crippen LogP contribution in [-0.4, -0.2) is 57.2 Å². The van der Waals surface area contributed by atoms with Crippen molar-refractivity contribution in [2.45, 2.75) is 13.3 Å². The van der Waals surface area contributed by atoms with Crippen molar-refractivity contribution in [3.8, 4) is 0 Å². The number of rotatable bonds is 7. The van der Waals surface area contributed by atoms with Crippen molar-refractivity contribution < 1.29 is 14.3 Å². The molecule has 2 N–H and O–H groups in total. The molecular weight excluding hydrogens is 210 g/mol. The van der Waals surface area contributed by atoms with Gasteiger partial charge in [0.25, 0.3) is 0 Å². The highest BCUT2D eigenvalue weighted by Gasteiger charge is 2.09. The maximum atomic E-state index is 11.3. The molecule has 0 saturated carbocycles. The van der Waals surface area contributed by atoms with E-state index in [-0.39, 0.29) is 12.5 Å². The van der Waals surface area contributed by atoms with Crippen molar-refractivity contribution >= 4 is 11.9 Å². The van der Waals surface area contributed by atoms with Gasteiger partial charge in [-0.05, 0) is 20.4 Å². The molecule has 0 saturated heterocycles. The Morgan fingerprint density at radius 1 is 1.38 bits per heavy atom. The summed E-state index contributed by atoms with van der Waals surface area (Å²) in [6.07, 6.45) is 0.863. The SMILES string of the molecule is CCNC(=O)NC(=O)CN(C)CCCOC. The zero-order valence-electron chi connectivity index (χ0n) is 10.2. The van der Waals surface area contributed by atoms with Gasteiger partial charge in [0.1, 0.15) is 0 Å². The number of imide groups is 1. The molecule has 0 aliphatic rings. The summed E-state index contributed by atoms with van der Waals surface area (Å²) < 4.78 is 4.90. The van der Waals surface area contributed by atoms with Crippen LogP contribution in [-0.2, 0) is 9.53 Å². The Hall–Kier alpha value is -1.14. The number of amides is 3. The molecule has 0 aromatic carbocycles. The van der Waals surface area contributed by atoms with E-state index >= 15 is 0 Å². The molecule has 0 aromatic rings. The van der Waals surface area contributed by atoms with Gasteiger partial charge in [-0.1, -0.05) is 0 Å². The lowest BCUT2D eigenvalue weighted by atomic mass is 10.4. The minimum Gasteiger partial charge on any atom is -0.385 e. The molecule has 0 aliphatic carbocycles. The summed E-state index contributed by atoms with van der Waals surface area (Å²) in [5.41, 5.74) is 0. The predicted octanol–water partition coefficient (Wildman–Crippen LogP) is -0.200. The Labute approximate surface area is 96.3 Å². The van der Waals surface area contributed by atoms with E-state index in [1.807, 2.05) is 11.9 Å². The van der Waals surface area contributed by atoms with E-state index in [1.165, 1.54) is 0 Å². The Bertz CT molecular complexity index is 221. The van der Waals surface area contributed by atoms with Gasteiger partial charge in [0, 0.05) is 26.8 Å². The predicted molar refractivity (Wildman–Crippen MR) is 61.2 cm³/mol. The first-order valence-electron chi connectivity index (χ1n) is 5.35. The Morgan fingerprint density at radius 2 is 2.06 bits per heavy atom. The molecule has 0 spiro atoms. The molecule has 6 heteroatoms. The first-order valence-corrected chi connectivity index (χ1v) is 5.35. The molecule has 0 heterocycles. The summed E-state index contributed by atoms with van der Waals surface area (Å²) in [6, 6.07) is -0.446. The monoisotopic (exact) mass is 231 g/mol. The van der Waals surface area contributed by atoms with E-state index in [1.54, 1.807) is 14.0 Å². The maximum absolute atomic E-state index is 11.3. The van der Waals surface area contributed by atoms with Crippen molar-refractivity contribution in [1.82, 2.24) is 15.5 Å². The van der Waals surface area contributed by atoms with E-state index < -0.39 is 6.03 Å². The number of likely N-dealkylation sites (N-methyl/N-ethyl adjacent to an activating group) is 1. The highest BCUT2D eigenvalue weighted by atomic mass is 16.5. The average Bonchev–Trinajstić information content (AvgIpc) is 2.17. The molecule has 16 heavy (non-hydrogen) atoms. The second-order valence-corrected chi connectivity index (χ2v) is 3.49. The highest BCUT2D eigenvalue weighted by molar-refractivity contribution is 5.95. The maximum Gasteiger partial charge on any atom is 0.321 e. The molecule has 6 nitrogen and oxygen atoms in total. The summed E-state index contributed by atoms with van der Waals surface area (Å²) in [5.74, 6) is -0.300.